The van der Waals surface area contributed by atoms with Crippen molar-refractivity contribution in [2.45, 2.75) is 32.4 Å². The Labute approximate surface area is 160 Å². The van der Waals surface area contributed by atoms with E-state index in [1.807, 2.05) is 48.6 Å². The molecule has 2 heterocycles. The lowest BCUT2D eigenvalue weighted by Gasteiger charge is -2.32. The fourth-order valence-corrected chi connectivity index (χ4v) is 4.25. The van der Waals surface area contributed by atoms with Gasteiger partial charge in [-0.15, -0.1) is 11.3 Å². The van der Waals surface area contributed by atoms with Crippen LogP contribution < -0.4 is 11.1 Å². The molecule has 1 aromatic carbocycles. The van der Waals surface area contributed by atoms with Crippen LogP contribution in [0.4, 0.5) is 0 Å². The largest absolute Gasteiger partial charge is 0.356 e. The number of nitrogens with zero attached hydrogens (tertiary/aromatic N) is 1. The van der Waals surface area contributed by atoms with Crippen molar-refractivity contribution >= 4 is 17.2 Å². The van der Waals surface area contributed by atoms with Crippen LogP contribution in [0.2, 0.25) is 0 Å². The molecule has 0 saturated carbocycles. The molecule has 1 saturated heterocycles. The van der Waals surface area contributed by atoms with Crippen molar-refractivity contribution in [1.29, 1.82) is 0 Å². The highest BCUT2D eigenvalue weighted by Gasteiger charge is 2.24. The topological polar surface area (TPSA) is 58.4 Å². The lowest BCUT2D eigenvalue weighted by Crippen LogP contribution is -2.41. The highest BCUT2D eigenvalue weighted by Crippen LogP contribution is 2.22. The molecule has 1 fully saturated rings. The molecule has 2 atom stereocenters. The first-order valence-electron chi connectivity index (χ1n) is 9.46. The van der Waals surface area contributed by atoms with Gasteiger partial charge in [0.1, 0.15) is 0 Å². The van der Waals surface area contributed by atoms with E-state index < -0.39 is 0 Å². The number of hydrogen-bond donors (Lipinski definition) is 2. The number of likely N-dealkylation sites (tertiary alicyclic amines) is 1. The smallest absolute Gasteiger partial charge is 0.224 e. The van der Waals surface area contributed by atoms with Gasteiger partial charge in [0.05, 0.1) is 5.92 Å². The van der Waals surface area contributed by atoms with E-state index >= 15 is 0 Å². The zero-order chi connectivity index (χ0) is 18.4. The van der Waals surface area contributed by atoms with Crippen molar-refractivity contribution in [1.82, 2.24) is 10.2 Å². The van der Waals surface area contributed by atoms with Crippen LogP contribution >= 0.6 is 11.3 Å². The summed E-state index contributed by atoms with van der Waals surface area (Å²) in [5.41, 5.74) is 7.28. The van der Waals surface area contributed by atoms with Gasteiger partial charge in [0.2, 0.25) is 5.91 Å². The average molecular weight is 372 g/mol. The Hall–Kier alpha value is -1.69. The molecule has 2 unspecified atom stereocenters. The van der Waals surface area contributed by atoms with Gasteiger partial charge in [-0.2, -0.15) is 0 Å². The minimum atomic E-state index is -0.260. The standard InChI is InChI=1S/C21H29N3OS/c1-16(20(22)18-6-3-2-4-7-18)21(25)23-14-17-9-11-24(12-10-17)15-19-8-5-13-26-19/h2-8,13,16-17,20H,9-12,14-15,22H2,1H3,(H,23,25). The summed E-state index contributed by atoms with van der Waals surface area (Å²) in [5.74, 6) is 0.400. The number of carbonyl (C=O) groups is 1. The third-order valence-corrected chi connectivity index (χ3v) is 6.23. The average Bonchev–Trinajstić information content (AvgIpc) is 3.19. The van der Waals surface area contributed by atoms with Crippen molar-refractivity contribution in [2.75, 3.05) is 19.6 Å². The maximum atomic E-state index is 12.5. The van der Waals surface area contributed by atoms with Crippen molar-refractivity contribution in [2.24, 2.45) is 17.6 Å². The first-order valence-corrected chi connectivity index (χ1v) is 10.3. The number of piperidine rings is 1. The zero-order valence-electron chi connectivity index (χ0n) is 15.4. The summed E-state index contributed by atoms with van der Waals surface area (Å²) in [6.45, 7) is 5.95. The molecule has 0 spiro atoms. The monoisotopic (exact) mass is 371 g/mol. The zero-order valence-corrected chi connectivity index (χ0v) is 16.3. The Kier molecular flexibility index (Phi) is 6.83. The van der Waals surface area contributed by atoms with Crippen LogP contribution in [0, 0.1) is 11.8 Å². The summed E-state index contributed by atoms with van der Waals surface area (Å²) in [6.07, 6.45) is 2.29. The van der Waals surface area contributed by atoms with E-state index in [0.717, 1.165) is 44.6 Å². The van der Waals surface area contributed by atoms with E-state index in [2.05, 4.69) is 27.7 Å². The van der Waals surface area contributed by atoms with Crippen LogP contribution in [0.1, 0.15) is 36.2 Å². The summed E-state index contributed by atoms with van der Waals surface area (Å²) in [4.78, 5) is 16.4. The summed E-state index contributed by atoms with van der Waals surface area (Å²) in [7, 11) is 0. The van der Waals surface area contributed by atoms with Crippen LogP contribution in [0.15, 0.2) is 47.8 Å². The number of hydrogen-bond acceptors (Lipinski definition) is 4. The van der Waals surface area contributed by atoms with Crippen molar-refractivity contribution < 1.29 is 4.79 Å². The maximum absolute atomic E-state index is 12.5. The molecule has 1 aliphatic rings. The molecule has 1 aromatic heterocycles. The van der Waals surface area contributed by atoms with Gasteiger partial charge in [-0.1, -0.05) is 43.3 Å². The van der Waals surface area contributed by atoms with Gasteiger partial charge in [0.25, 0.3) is 0 Å². The third kappa shape index (κ3) is 5.16. The Balaban J connectivity index is 1.39. The van der Waals surface area contributed by atoms with Crippen molar-refractivity contribution in [3.63, 3.8) is 0 Å². The fraction of sp³-hybridized carbons (Fsp3) is 0.476. The van der Waals surface area contributed by atoms with Gasteiger partial charge < -0.3 is 11.1 Å². The fourth-order valence-electron chi connectivity index (χ4n) is 3.50. The summed E-state index contributed by atoms with van der Waals surface area (Å²) < 4.78 is 0. The van der Waals surface area contributed by atoms with Crippen LogP contribution in [-0.2, 0) is 11.3 Å². The molecule has 0 radical (unpaired) electrons. The second kappa shape index (κ2) is 9.31. The Bertz CT molecular complexity index is 666. The number of benzene rings is 1. The van der Waals surface area contributed by atoms with E-state index in [4.69, 9.17) is 5.73 Å². The first kappa shape index (κ1) is 19.1. The molecule has 26 heavy (non-hydrogen) atoms. The first-order chi connectivity index (χ1) is 12.6. The van der Waals surface area contributed by atoms with Crippen LogP contribution in [0.5, 0.6) is 0 Å². The lowest BCUT2D eigenvalue weighted by molar-refractivity contribution is -0.125. The van der Waals surface area contributed by atoms with Gasteiger partial charge in [0.15, 0.2) is 0 Å². The molecule has 3 N–H and O–H groups in total. The highest BCUT2D eigenvalue weighted by atomic mass is 32.1. The van der Waals surface area contributed by atoms with Gasteiger partial charge in [0, 0.05) is 24.0 Å². The number of thiophene rings is 1. The highest BCUT2D eigenvalue weighted by molar-refractivity contribution is 7.09. The summed E-state index contributed by atoms with van der Waals surface area (Å²) in [6, 6.07) is 13.9. The van der Waals surface area contributed by atoms with E-state index in [9.17, 15) is 4.79 Å². The predicted molar refractivity (Wildman–Crippen MR) is 108 cm³/mol. The van der Waals surface area contributed by atoms with Crippen LogP contribution in [0.3, 0.4) is 0 Å². The Morgan fingerprint density at radius 2 is 1.96 bits per heavy atom. The van der Waals surface area contributed by atoms with Crippen LogP contribution in [-0.4, -0.2) is 30.4 Å². The van der Waals surface area contributed by atoms with Gasteiger partial charge in [-0.05, 0) is 48.9 Å². The van der Waals surface area contributed by atoms with E-state index in [1.165, 1.54) is 4.88 Å². The normalized spacial score (nSPS) is 18.4. The number of nitrogens with one attached hydrogen (secondary N) is 1. The second-order valence-electron chi connectivity index (χ2n) is 7.27. The summed E-state index contributed by atoms with van der Waals surface area (Å²) in [5, 5.41) is 5.27. The van der Waals surface area contributed by atoms with Crippen molar-refractivity contribution in [3.05, 3.63) is 58.3 Å². The number of amides is 1. The minimum Gasteiger partial charge on any atom is -0.356 e. The molecule has 2 aromatic rings. The van der Waals surface area contributed by atoms with Crippen LogP contribution in [0.25, 0.3) is 0 Å². The number of carbonyl (C=O) groups excluding carboxylic acids is 1. The molecule has 0 aliphatic carbocycles. The molecule has 1 amide bonds. The SMILES string of the molecule is CC(C(=O)NCC1CCN(Cc2cccs2)CC1)C(N)c1ccccc1. The lowest BCUT2D eigenvalue weighted by atomic mass is 9.93. The minimum absolute atomic E-state index is 0.0577. The Morgan fingerprint density at radius 1 is 1.23 bits per heavy atom. The predicted octanol–water partition coefficient (Wildman–Crippen LogP) is 3.41. The van der Waals surface area contributed by atoms with Gasteiger partial charge >= 0.3 is 0 Å². The molecular weight excluding hydrogens is 342 g/mol. The quantitative estimate of drug-likeness (QED) is 0.784. The maximum Gasteiger partial charge on any atom is 0.224 e. The molecule has 1 aliphatic heterocycles. The van der Waals surface area contributed by atoms with E-state index in [-0.39, 0.29) is 17.9 Å². The molecule has 140 valence electrons. The third-order valence-electron chi connectivity index (χ3n) is 5.37. The molecule has 0 bridgehead atoms. The van der Waals surface area contributed by atoms with E-state index in [1.54, 1.807) is 0 Å². The molecule has 5 heteroatoms. The molecule has 4 nitrogen and oxygen atoms in total. The number of nitrogens with two attached hydrogens (primary N) is 1. The van der Waals surface area contributed by atoms with E-state index in [0.29, 0.717) is 5.92 Å². The van der Waals surface area contributed by atoms with Crippen molar-refractivity contribution in [3.8, 4) is 0 Å². The second-order valence-corrected chi connectivity index (χ2v) is 8.30. The Morgan fingerprint density at radius 3 is 2.62 bits per heavy atom. The van der Waals surface area contributed by atoms with Gasteiger partial charge in [-0.3, -0.25) is 9.69 Å². The summed E-state index contributed by atoms with van der Waals surface area (Å²) >= 11 is 1.83. The van der Waals surface area contributed by atoms with Gasteiger partial charge in [-0.25, -0.2) is 0 Å². The molecular formula is C21H29N3OS. The molecule has 3 rings (SSSR count). The number of rotatable bonds is 7.